The van der Waals surface area contributed by atoms with Crippen molar-refractivity contribution in [3.8, 4) is 28.6 Å². The standard InChI is InChI=1S/C28H30N6O2.C22H25BrN2O2.2C20H22N6O.C7H7N3/c1-18-14-20(33-11-8-22-25(29)30-17-31-26(22)33)15-23-24(18)27(35)34(28(23)9-12-32(2)13-10-28)16-19-4-6-21(36-3)7-5-19;1-15-12-17(23)13-19-20(15)21(26)25(22(19)8-10-24(2)11-9-22)14-16-4-6-18(27-3)7-5-16;2*1-12-9-13(26-6-3-14-17(21)22-11-23-18(14)26)10-15-16(12)19(27)24-20(15)4-7-25(2)8-5-20;8-7-5-2-1-3-6(5)9-4-10-7/h4-8,11,14-15,17H,9-10,12-13,16H2,1-3H3,(H2,29,30,31);4-7,12-13H,8-11,14H2,1-3H3;2*3,6,9-11H,4-5,7-8H2,1-2H3,(H,24,27)(H2,21,22,23);1-2,4H,3H2,(H2,8,9,10). The quantitative estimate of drug-likeness (QED) is 0.0781. The number of anilines is 4. The molecule has 7 aromatic heterocycles. The Bertz CT molecular complexity index is 6350. The fourth-order valence-corrected chi connectivity index (χ4v) is 21.1. The number of hydrogen-bond acceptors (Lipinski definition) is 22. The Hall–Kier alpha value is -13.0. The van der Waals surface area contributed by atoms with E-state index in [1.165, 1.54) is 30.9 Å². The number of carbonyl (C=O) groups is 4. The zero-order valence-electron chi connectivity index (χ0n) is 73.3. The monoisotopic (exact) mass is 1770 g/mol. The molecule has 4 saturated heterocycles. The largest absolute Gasteiger partial charge is 0.497 e. The van der Waals surface area contributed by atoms with E-state index in [2.05, 4.69) is 173 Å². The lowest BCUT2D eigenvalue weighted by molar-refractivity contribution is 0.0268. The van der Waals surface area contributed by atoms with E-state index in [1.807, 2.05) is 139 Å². The van der Waals surface area contributed by atoms with Gasteiger partial charge in [0.05, 0.1) is 58.2 Å². The molecule has 0 radical (unpaired) electrons. The fraction of sp³-hybridized carbons (Fsp3) is 0.340. The highest BCUT2D eigenvalue weighted by atomic mass is 79.9. The molecule has 0 saturated carbocycles. The number of nitrogens with one attached hydrogen (secondary N) is 2. The minimum absolute atomic E-state index is 0.0440. The third kappa shape index (κ3) is 15.3. The number of nitrogens with two attached hydrogens (primary N) is 4. The summed E-state index contributed by atoms with van der Waals surface area (Å²) in [6, 6.07) is 38.7. The molecule has 652 valence electrons. The van der Waals surface area contributed by atoms with Crippen LogP contribution in [0.1, 0.15) is 160 Å². The van der Waals surface area contributed by atoms with E-state index in [9.17, 15) is 19.2 Å². The van der Waals surface area contributed by atoms with Gasteiger partial charge < -0.3 is 86.1 Å². The van der Waals surface area contributed by atoms with Crippen molar-refractivity contribution in [2.24, 2.45) is 0 Å². The average Bonchev–Trinajstić information content (AvgIpc) is 1.61. The number of methoxy groups -OCH3 is 2. The Kier molecular flexibility index (Phi) is 22.5. The molecule has 1 aliphatic carbocycles. The number of rotatable bonds is 9. The van der Waals surface area contributed by atoms with Crippen LogP contribution in [0.5, 0.6) is 11.5 Å². The van der Waals surface area contributed by atoms with Crippen LogP contribution in [-0.2, 0) is 41.7 Å². The van der Waals surface area contributed by atoms with Gasteiger partial charge in [-0.25, -0.2) is 39.9 Å². The number of likely N-dealkylation sites (tertiary alicyclic amines) is 4. The summed E-state index contributed by atoms with van der Waals surface area (Å²) >= 11 is 3.65. The molecule has 29 nitrogen and oxygen atoms in total. The minimum atomic E-state index is -0.351. The van der Waals surface area contributed by atoms with Gasteiger partial charge in [-0.2, -0.15) is 0 Å². The average molecular weight is 1770 g/mol. The number of benzene rings is 6. The number of carbonyl (C=O) groups excluding carboxylic acids is 4. The summed E-state index contributed by atoms with van der Waals surface area (Å²) in [5.74, 6) is 4.00. The van der Waals surface area contributed by atoms with Crippen molar-refractivity contribution in [1.29, 1.82) is 0 Å². The minimum Gasteiger partial charge on any atom is -0.497 e. The summed E-state index contributed by atoms with van der Waals surface area (Å²) in [4.78, 5) is 100.0. The molecular weight excluding hydrogens is 1660 g/mol. The first-order chi connectivity index (χ1) is 61.2. The van der Waals surface area contributed by atoms with Gasteiger partial charge in [0.25, 0.3) is 23.6 Å². The number of amides is 4. The molecule has 4 spiro atoms. The molecule has 10 N–H and O–H groups in total. The highest BCUT2D eigenvalue weighted by molar-refractivity contribution is 9.10. The number of allylic oxidation sites excluding steroid dienone is 1. The topological polar surface area (TPSA) is 352 Å². The highest BCUT2D eigenvalue weighted by Gasteiger charge is 2.54. The summed E-state index contributed by atoms with van der Waals surface area (Å²) in [6.07, 6.45) is 24.2. The van der Waals surface area contributed by atoms with Crippen LogP contribution in [0.2, 0.25) is 0 Å². The molecular formula is C97H106BrN23O6. The van der Waals surface area contributed by atoms with Gasteiger partial charge in [-0.05, 0) is 254 Å². The first-order valence-electron chi connectivity index (χ1n) is 43.2. The van der Waals surface area contributed by atoms with Crippen LogP contribution in [0.25, 0.3) is 56.2 Å². The predicted octanol–water partition coefficient (Wildman–Crippen LogP) is 12.8. The van der Waals surface area contributed by atoms with Crippen LogP contribution in [0.15, 0.2) is 170 Å². The van der Waals surface area contributed by atoms with Crippen molar-refractivity contribution in [3.05, 3.63) is 259 Å². The molecule has 0 atom stereocenters. The maximum atomic E-state index is 14.0. The van der Waals surface area contributed by atoms with Gasteiger partial charge >= 0.3 is 0 Å². The number of nitrogen functional groups attached to an aromatic ring is 4. The van der Waals surface area contributed by atoms with Crippen molar-refractivity contribution in [2.75, 3.05) is 118 Å². The molecule has 15 heterocycles. The molecule has 22 rings (SSSR count). The summed E-state index contributed by atoms with van der Waals surface area (Å²) in [7, 11) is 11.9. The molecule has 4 amide bonds. The molecule has 6 aromatic carbocycles. The number of ether oxygens (including phenoxy) is 2. The Morgan fingerprint density at radius 2 is 0.740 bits per heavy atom. The number of aromatic nitrogens is 11. The lowest BCUT2D eigenvalue weighted by Crippen LogP contribution is -2.50. The number of fused-ring (bicyclic) bond motifs is 12. The highest BCUT2D eigenvalue weighted by Crippen LogP contribution is 2.52. The third-order valence-corrected chi connectivity index (χ3v) is 28.1. The lowest BCUT2D eigenvalue weighted by Gasteiger charge is -2.45. The molecule has 13 aromatic rings. The maximum Gasteiger partial charge on any atom is 0.255 e. The van der Waals surface area contributed by atoms with Crippen molar-refractivity contribution in [1.82, 2.24) is 93.6 Å². The van der Waals surface area contributed by atoms with Crippen molar-refractivity contribution < 1.29 is 28.7 Å². The summed E-state index contributed by atoms with van der Waals surface area (Å²) in [6.45, 7) is 17.0. The molecule has 9 aliphatic rings. The Morgan fingerprint density at radius 1 is 0.402 bits per heavy atom. The Morgan fingerprint density at radius 3 is 1.12 bits per heavy atom. The van der Waals surface area contributed by atoms with Gasteiger partial charge in [0.1, 0.15) is 77.0 Å². The van der Waals surface area contributed by atoms with Gasteiger partial charge in [0, 0.05) is 140 Å². The number of halogens is 1. The molecule has 30 heteroatoms. The SMILES string of the molecule is COc1ccc(CN2C(=O)c3c(C)cc(-n4ccc5c(N)ncnc54)cc3C23CCN(C)CC3)cc1.COc1ccc(CN2C(=O)c3c(C)cc(Br)cc3C23CCN(C)CC3)cc1.Cc1cc(-n2ccc3c(N)ncnc32)cc2c1C(=O)NC21CCN(C)CC1.Cc1cc(-n2ccc3c(N)ncnc32)cc2c1C(=O)NC21CCN(C)CC1.Nc1ncnc2c1C=CC2. The van der Waals surface area contributed by atoms with Crippen LogP contribution in [0, 0.1) is 27.7 Å². The van der Waals surface area contributed by atoms with Gasteiger partial charge in [0.2, 0.25) is 0 Å². The Balaban J connectivity index is 0.000000111. The third-order valence-electron chi connectivity index (χ3n) is 27.7. The zero-order chi connectivity index (χ0) is 88.7. The van der Waals surface area contributed by atoms with E-state index in [0.717, 1.165) is 260 Å². The van der Waals surface area contributed by atoms with E-state index >= 15 is 0 Å². The van der Waals surface area contributed by atoms with Crippen molar-refractivity contribution in [2.45, 2.75) is 121 Å². The van der Waals surface area contributed by atoms with Gasteiger partial charge in [-0.15, -0.1) is 0 Å². The molecule has 8 aliphatic heterocycles. The van der Waals surface area contributed by atoms with E-state index in [1.54, 1.807) is 14.2 Å². The second kappa shape index (κ2) is 33.7. The molecule has 0 bridgehead atoms. The number of nitrogens with zero attached hydrogens (tertiary/aromatic N) is 17. The summed E-state index contributed by atoms with van der Waals surface area (Å²) in [5.41, 5.74) is 44.0. The molecule has 0 unspecified atom stereocenters. The normalized spacial score (nSPS) is 17.9. The van der Waals surface area contributed by atoms with Crippen molar-refractivity contribution >= 4 is 102 Å². The number of hydrogen-bond donors (Lipinski definition) is 6. The first-order valence-corrected chi connectivity index (χ1v) is 44.0. The van der Waals surface area contributed by atoms with Crippen LogP contribution < -0.4 is 43.0 Å². The zero-order valence-corrected chi connectivity index (χ0v) is 74.9. The summed E-state index contributed by atoms with van der Waals surface area (Å²) < 4.78 is 17.7. The van der Waals surface area contributed by atoms with Gasteiger partial charge in [-0.3, -0.25) is 19.2 Å². The first kappa shape index (κ1) is 84.8. The molecule has 127 heavy (non-hydrogen) atoms. The van der Waals surface area contributed by atoms with Crippen LogP contribution in [0.3, 0.4) is 0 Å². The Labute approximate surface area is 745 Å². The second-order valence-electron chi connectivity index (χ2n) is 35.3. The second-order valence-corrected chi connectivity index (χ2v) is 36.2. The summed E-state index contributed by atoms with van der Waals surface area (Å²) in [5, 5.41) is 9.07. The number of aryl methyl sites for hydroxylation is 4. The van der Waals surface area contributed by atoms with Crippen LogP contribution >= 0.6 is 15.9 Å². The van der Waals surface area contributed by atoms with Gasteiger partial charge in [-0.1, -0.05) is 52.3 Å². The van der Waals surface area contributed by atoms with E-state index in [-0.39, 0.29) is 45.8 Å². The van der Waals surface area contributed by atoms with E-state index in [4.69, 9.17) is 32.4 Å². The van der Waals surface area contributed by atoms with E-state index < -0.39 is 0 Å². The van der Waals surface area contributed by atoms with E-state index in [0.29, 0.717) is 36.4 Å². The smallest absolute Gasteiger partial charge is 0.255 e. The predicted molar refractivity (Wildman–Crippen MR) is 496 cm³/mol. The van der Waals surface area contributed by atoms with Crippen molar-refractivity contribution in [3.63, 3.8) is 0 Å². The number of piperidine rings is 4. The lowest BCUT2D eigenvalue weighted by atomic mass is 9.79. The van der Waals surface area contributed by atoms with Crippen LogP contribution in [0.4, 0.5) is 23.3 Å². The van der Waals surface area contributed by atoms with Gasteiger partial charge in [0.15, 0.2) is 0 Å². The maximum absolute atomic E-state index is 14.0. The fourth-order valence-electron chi connectivity index (χ4n) is 20.5. The van der Waals surface area contributed by atoms with Crippen LogP contribution in [-0.4, -0.2) is 201 Å². The molecule has 4 fully saturated rings.